The van der Waals surface area contributed by atoms with E-state index in [1.165, 1.54) is 30.8 Å². The average Bonchev–Trinajstić information content (AvgIpc) is 2.76. The number of anilines is 1. The van der Waals surface area contributed by atoms with Crippen molar-refractivity contribution >= 4 is 5.69 Å². The third-order valence-corrected chi connectivity index (χ3v) is 3.78. The predicted octanol–water partition coefficient (Wildman–Crippen LogP) is 1.79. The molecule has 0 saturated carbocycles. The molecule has 1 heterocycles. The van der Waals surface area contributed by atoms with Crippen LogP contribution in [0.15, 0.2) is 24.3 Å². The van der Waals surface area contributed by atoms with Gasteiger partial charge in [0.05, 0.1) is 0 Å². The molecule has 0 aliphatic carbocycles. The van der Waals surface area contributed by atoms with Crippen molar-refractivity contribution in [1.82, 2.24) is 10.2 Å². The van der Waals surface area contributed by atoms with Crippen LogP contribution in [-0.4, -0.2) is 45.7 Å². The number of rotatable bonds is 5. The molecular formula is C15H25N3. The molecule has 0 radical (unpaired) electrons. The van der Waals surface area contributed by atoms with Crippen LogP contribution >= 0.6 is 0 Å². The fourth-order valence-electron chi connectivity index (χ4n) is 2.74. The van der Waals surface area contributed by atoms with E-state index in [2.05, 4.69) is 53.5 Å². The molecule has 0 spiro atoms. The van der Waals surface area contributed by atoms with Gasteiger partial charge in [-0.3, -0.25) is 0 Å². The van der Waals surface area contributed by atoms with Crippen molar-refractivity contribution in [3.63, 3.8) is 0 Å². The maximum absolute atomic E-state index is 3.18. The van der Waals surface area contributed by atoms with Gasteiger partial charge in [-0.15, -0.1) is 0 Å². The summed E-state index contributed by atoms with van der Waals surface area (Å²) in [5.41, 5.74) is 2.67. The number of nitrogens with one attached hydrogen (secondary N) is 1. The van der Waals surface area contributed by atoms with Crippen molar-refractivity contribution in [3.05, 3.63) is 29.8 Å². The predicted molar refractivity (Wildman–Crippen MR) is 78.1 cm³/mol. The Labute approximate surface area is 111 Å². The molecule has 0 amide bonds. The molecule has 18 heavy (non-hydrogen) atoms. The highest BCUT2D eigenvalue weighted by atomic mass is 15.1. The lowest BCUT2D eigenvalue weighted by atomic mass is 10.1. The van der Waals surface area contributed by atoms with Crippen molar-refractivity contribution in [3.8, 4) is 0 Å². The first-order chi connectivity index (χ1) is 8.69. The van der Waals surface area contributed by atoms with Gasteiger partial charge in [0.15, 0.2) is 0 Å². The van der Waals surface area contributed by atoms with Crippen molar-refractivity contribution in [2.45, 2.75) is 13.0 Å². The van der Waals surface area contributed by atoms with E-state index in [4.69, 9.17) is 0 Å². The Morgan fingerprint density at radius 3 is 2.61 bits per heavy atom. The van der Waals surface area contributed by atoms with Gasteiger partial charge < -0.3 is 15.1 Å². The Balaban J connectivity index is 1.90. The highest BCUT2D eigenvalue weighted by molar-refractivity contribution is 5.46. The van der Waals surface area contributed by atoms with Crippen molar-refractivity contribution < 1.29 is 0 Å². The summed E-state index contributed by atoms with van der Waals surface area (Å²) < 4.78 is 0. The smallest absolute Gasteiger partial charge is 0.0363 e. The standard InChI is InChI=1S/C15H25N3/c1-16-10-13-4-6-15(7-5-13)18(3)12-14-8-9-17(2)11-14/h4-7,14,16H,8-12H2,1-3H3. The summed E-state index contributed by atoms with van der Waals surface area (Å²) in [5, 5.41) is 3.18. The first-order valence-corrected chi connectivity index (χ1v) is 6.82. The van der Waals surface area contributed by atoms with E-state index in [1.54, 1.807) is 0 Å². The molecule has 0 bridgehead atoms. The molecule has 1 fully saturated rings. The van der Waals surface area contributed by atoms with E-state index in [-0.39, 0.29) is 0 Å². The lowest BCUT2D eigenvalue weighted by molar-refractivity contribution is 0.396. The molecule has 3 nitrogen and oxygen atoms in total. The van der Waals surface area contributed by atoms with Crippen LogP contribution in [-0.2, 0) is 6.54 Å². The largest absolute Gasteiger partial charge is 0.374 e. The first kappa shape index (κ1) is 13.4. The average molecular weight is 247 g/mol. The van der Waals surface area contributed by atoms with Crippen LogP contribution in [0.25, 0.3) is 0 Å². The van der Waals surface area contributed by atoms with Gasteiger partial charge in [0, 0.05) is 32.4 Å². The summed E-state index contributed by atoms with van der Waals surface area (Å²) in [6.07, 6.45) is 1.33. The molecule has 1 aromatic rings. The summed E-state index contributed by atoms with van der Waals surface area (Å²) in [5.74, 6) is 0.817. The number of benzene rings is 1. The maximum Gasteiger partial charge on any atom is 0.0363 e. The van der Waals surface area contributed by atoms with Crippen molar-refractivity contribution in [1.29, 1.82) is 0 Å². The third-order valence-electron chi connectivity index (χ3n) is 3.78. The molecule has 1 N–H and O–H groups in total. The molecule has 3 heteroatoms. The van der Waals surface area contributed by atoms with Gasteiger partial charge in [0.25, 0.3) is 0 Å². The molecule has 1 aliphatic heterocycles. The molecule has 1 saturated heterocycles. The zero-order valence-corrected chi connectivity index (χ0v) is 11.8. The minimum atomic E-state index is 0.817. The molecule has 1 aliphatic rings. The summed E-state index contributed by atoms with van der Waals surface area (Å²) in [6.45, 7) is 4.59. The number of nitrogens with zero attached hydrogens (tertiary/aromatic N) is 2. The SMILES string of the molecule is CNCc1ccc(N(C)CC2CCN(C)C2)cc1. The molecule has 0 aromatic heterocycles. The summed E-state index contributed by atoms with van der Waals surface area (Å²) in [6, 6.07) is 8.88. The van der Waals surface area contributed by atoms with E-state index in [1.807, 2.05) is 7.05 Å². The van der Waals surface area contributed by atoms with Crippen LogP contribution in [0.4, 0.5) is 5.69 Å². The topological polar surface area (TPSA) is 18.5 Å². The summed E-state index contributed by atoms with van der Waals surface area (Å²) >= 11 is 0. The second-order valence-corrected chi connectivity index (χ2v) is 5.49. The van der Waals surface area contributed by atoms with Gasteiger partial charge in [0.1, 0.15) is 0 Å². The minimum absolute atomic E-state index is 0.817. The van der Waals surface area contributed by atoms with Gasteiger partial charge in [0.2, 0.25) is 0 Å². The number of hydrogen-bond acceptors (Lipinski definition) is 3. The van der Waals surface area contributed by atoms with Crippen LogP contribution in [0.3, 0.4) is 0 Å². The highest BCUT2D eigenvalue weighted by Gasteiger charge is 2.20. The van der Waals surface area contributed by atoms with Gasteiger partial charge in [-0.05, 0) is 50.7 Å². The molecule has 2 rings (SSSR count). The first-order valence-electron chi connectivity index (χ1n) is 6.82. The van der Waals surface area contributed by atoms with Crippen molar-refractivity contribution in [2.75, 3.05) is 45.7 Å². The Morgan fingerprint density at radius 1 is 1.33 bits per heavy atom. The molecule has 100 valence electrons. The van der Waals surface area contributed by atoms with E-state index in [0.29, 0.717) is 0 Å². The third kappa shape index (κ3) is 3.47. The van der Waals surface area contributed by atoms with Crippen molar-refractivity contribution in [2.24, 2.45) is 5.92 Å². The minimum Gasteiger partial charge on any atom is -0.374 e. The quantitative estimate of drug-likeness (QED) is 0.856. The van der Waals surface area contributed by atoms with Gasteiger partial charge >= 0.3 is 0 Å². The fourth-order valence-corrected chi connectivity index (χ4v) is 2.74. The van der Waals surface area contributed by atoms with E-state index in [0.717, 1.165) is 19.0 Å². The van der Waals surface area contributed by atoms with E-state index < -0.39 is 0 Å². The van der Waals surface area contributed by atoms with Crippen LogP contribution in [0.2, 0.25) is 0 Å². The Bertz CT molecular complexity index is 361. The lowest BCUT2D eigenvalue weighted by Crippen LogP contribution is -2.27. The molecule has 1 aromatic carbocycles. The summed E-state index contributed by atoms with van der Waals surface area (Å²) in [4.78, 5) is 4.81. The van der Waals surface area contributed by atoms with Crippen LogP contribution in [0, 0.1) is 5.92 Å². The van der Waals surface area contributed by atoms with Gasteiger partial charge in [-0.1, -0.05) is 12.1 Å². The van der Waals surface area contributed by atoms with E-state index >= 15 is 0 Å². The highest BCUT2D eigenvalue weighted by Crippen LogP contribution is 2.20. The van der Waals surface area contributed by atoms with Crippen LogP contribution in [0.1, 0.15) is 12.0 Å². The summed E-state index contributed by atoms with van der Waals surface area (Å²) in [7, 11) is 6.40. The maximum atomic E-state index is 3.18. The second-order valence-electron chi connectivity index (χ2n) is 5.49. The van der Waals surface area contributed by atoms with Crippen LogP contribution < -0.4 is 10.2 Å². The number of hydrogen-bond donors (Lipinski definition) is 1. The zero-order chi connectivity index (χ0) is 13.0. The molecule has 1 atom stereocenters. The second kappa shape index (κ2) is 6.21. The zero-order valence-electron chi connectivity index (χ0n) is 11.8. The van der Waals surface area contributed by atoms with Gasteiger partial charge in [-0.2, -0.15) is 0 Å². The normalized spacial score (nSPS) is 20.3. The van der Waals surface area contributed by atoms with Crippen LogP contribution in [0.5, 0.6) is 0 Å². The monoisotopic (exact) mass is 247 g/mol. The Kier molecular flexibility index (Phi) is 4.61. The molecule has 1 unspecified atom stereocenters. The fraction of sp³-hybridized carbons (Fsp3) is 0.600. The van der Waals surface area contributed by atoms with E-state index in [9.17, 15) is 0 Å². The number of likely N-dealkylation sites (tertiary alicyclic amines) is 1. The molecular weight excluding hydrogens is 222 g/mol. The van der Waals surface area contributed by atoms with Gasteiger partial charge in [-0.25, -0.2) is 0 Å². The Hall–Kier alpha value is -1.06. The lowest BCUT2D eigenvalue weighted by Gasteiger charge is -2.23. The Morgan fingerprint density at radius 2 is 2.06 bits per heavy atom.